The SMILES string of the molecule is CC(NC(=O)OC(C)(C)C)C(=S)NCC(=O)O. The molecular formula is C10H18N2O4S. The molecule has 1 atom stereocenters. The number of carbonyl (C=O) groups excluding carboxylic acids is 1. The molecule has 0 aromatic heterocycles. The van der Waals surface area contributed by atoms with Crippen LogP contribution in [0.25, 0.3) is 0 Å². The molecule has 0 radical (unpaired) electrons. The quantitative estimate of drug-likeness (QED) is 0.652. The van der Waals surface area contributed by atoms with E-state index in [1.807, 2.05) is 0 Å². The summed E-state index contributed by atoms with van der Waals surface area (Å²) in [6.45, 7) is 6.61. The van der Waals surface area contributed by atoms with E-state index in [0.29, 0.717) is 0 Å². The highest BCUT2D eigenvalue weighted by Crippen LogP contribution is 2.06. The molecule has 0 saturated heterocycles. The predicted molar refractivity (Wildman–Crippen MR) is 67.1 cm³/mol. The summed E-state index contributed by atoms with van der Waals surface area (Å²) in [5.74, 6) is -1.02. The first-order valence-electron chi connectivity index (χ1n) is 5.11. The second-order valence-corrected chi connectivity index (χ2v) is 4.92. The van der Waals surface area contributed by atoms with Crippen molar-refractivity contribution in [1.29, 1.82) is 0 Å². The monoisotopic (exact) mass is 262 g/mol. The maximum Gasteiger partial charge on any atom is 0.408 e. The molecular weight excluding hydrogens is 244 g/mol. The average Bonchev–Trinajstić information content (AvgIpc) is 2.10. The third-order valence-electron chi connectivity index (χ3n) is 1.54. The predicted octanol–water partition coefficient (Wildman–Crippen LogP) is 0.901. The fraction of sp³-hybridized carbons (Fsp3) is 0.700. The second-order valence-electron chi connectivity index (χ2n) is 4.48. The van der Waals surface area contributed by atoms with Gasteiger partial charge < -0.3 is 20.5 Å². The van der Waals surface area contributed by atoms with Gasteiger partial charge in [-0.15, -0.1) is 0 Å². The Balaban J connectivity index is 4.08. The number of rotatable bonds is 4. The number of thiocarbonyl (C=S) groups is 1. The third kappa shape index (κ3) is 8.44. The zero-order valence-corrected chi connectivity index (χ0v) is 11.2. The van der Waals surface area contributed by atoms with Crippen molar-refractivity contribution >= 4 is 29.3 Å². The second kappa shape index (κ2) is 6.39. The molecule has 0 aliphatic carbocycles. The summed E-state index contributed by atoms with van der Waals surface area (Å²) in [6, 6.07) is -0.487. The van der Waals surface area contributed by atoms with E-state index in [0.717, 1.165) is 0 Å². The van der Waals surface area contributed by atoms with Crippen molar-refractivity contribution in [2.75, 3.05) is 6.54 Å². The Bertz CT molecular complexity index is 312. The van der Waals surface area contributed by atoms with Crippen molar-refractivity contribution in [3.63, 3.8) is 0 Å². The molecule has 0 heterocycles. The van der Waals surface area contributed by atoms with Crippen LogP contribution < -0.4 is 10.6 Å². The maximum absolute atomic E-state index is 11.4. The van der Waals surface area contributed by atoms with Gasteiger partial charge in [-0.2, -0.15) is 0 Å². The van der Waals surface area contributed by atoms with Crippen LogP contribution in [0.1, 0.15) is 27.7 Å². The first kappa shape index (κ1) is 15.6. The zero-order chi connectivity index (χ0) is 13.6. The minimum Gasteiger partial charge on any atom is -0.480 e. The summed E-state index contributed by atoms with van der Waals surface area (Å²) in [7, 11) is 0. The molecule has 0 aromatic rings. The van der Waals surface area contributed by atoms with Crippen molar-refractivity contribution in [2.45, 2.75) is 39.3 Å². The van der Waals surface area contributed by atoms with Gasteiger partial charge in [0.15, 0.2) is 0 Å². The summed E-state index contributed by atoms with van der Waals surface area (Å²) >= 11 is 4.91. The Labute approximate surface area is 106 Å². The Morgan fingerprint density at radius 2 is 1.94 bits per heavy atom. The molecule has 98 valence electrons. The van der Waals surface area contributed by atoms with Gasteiger partial charge in [-0.05, 0) is 27.7 Å². The van der Waals surface area contributed by atoms with Crippen LogP contribution in [0.5, 0.6) is 0 Å². The van der Waals surface area contributed by atoms with Crippen LogP contribution in [0.2, 0.25) is 0 Å². The first-order valence-corrected chi connectivity index (χ1v) is 5.51. The first-order chi connectivity index (χ1) is 7.61. The molecule has 17 heavy (non-hydrogen) atoms. The Hall–Kier alpha value is -1.37. The van der Waals surface area contributed by atoms with E-state index in [-0.39, 0.29) is 11.5 Å². The van der Waals surface area contributed by atoms with Gasteiger partial charge in [0.1, 0.15) is 12.1 Å². The van der Waals surface area contributed by atoms with E-state index in [4.69, 9.17) is 22.1 Å². The van der Waals surface area contributed by atoms with Gasteiger partial charge in [-0.1, -0.05) is 12.2 Å². The van der Waals surface area contributed by atoms with Gasteiger partial charge in [-0.25, -0.2) is 4.79 Å². The molecule has 6 nitrogen and oxygen atoms in total. The number of hydrogen-bond donors (Lipinski definition) is 3. The number of aliphatic carboxylic acids is 1. The summed E-state index contributed by atoms with van der Waals surface area (Å²) < 4.78 is 5.03. The zero-order valence-electron chi connectivity index (χ0n) is 10.4. The molecule has 0 aliphatic heterocycles. The molecule has 0 bridgehead atoms. The van der Waals surface area contributed by atoms with Crippen molar-refractivity contribution in [1.82, 2.24) is 10.6 Å². The number of amides is 1. The number of carbonyl (C=O) groups is 2. The maximum atomic E-state index is 11.4. The Morgan fingerprint density at radius 3 is 2.35 bits per heavy atom. The lowest BCUT2D eigenvalue weighted by Gasteiger charge is -2.22. The van der Waals surface area contributed by atoms with E-state index < -0.39 is 23.7 Å². The molecule has 0 aromatic carbocycles. The van der Waals surface area contributed by atoms with E-state index in [1.54, 1.807) is 27.7 Å². The van der Waals surface area contributed by atoms with Crippen LogP contribution in [0.15, 0.2) is 0 Å². The topological polar surface area (TPSA) is 87.7 Å². The van der Waals surface area contributed by atoms with Crippen LogP contribution in [-0.4, -0.2) is 40.3 Å². The smallest absolute Gasteiger partial charge is 0.408 e. The molecule has 0 aliphatic rings. The van der Waals surface area contributed by atoms with E-state index >= 15 is 0 Å². The fourth-order valence-electron chi connectivity index (χ4n) is 0.866. The molecule has 7 heteroatoms. The molecule has 0 rings (SSSR count). The summed E-state index contributed by atoms with van der Waals surface area (Å²) in [6.07, 6.45) is -0.593. The summed E-state index contributed by atoms with van der Waals surface area (Å²) in [5.41, 5.74) is -0.583. The van der Waals surface area contributed by atoms with E-state index in [2.05, 4.69) is 10.6 Å². The van der Waals surface area contributed by atoms with Crippen molar-refractivity contribution in [3.05, 3.63) is 0 Å². The minimum absolute atomic E-state index is 0.248. The van der Waals surface area contributed by atoms with Crippen LogP contribution in [0, 0.1) is 0 Å². The Morgan fingerprint density at radius 1 is 1.41 bits per heavy atom. The van der Waals surface area contributed by atoms with Crippen molar-refractivity contribution in [3.8, 4) is 0 Å². The van der Waals surface area contributed by atoms with Crippen LogP contribution in [-0.2, 0) is 9.53 Å². The van der Waals surface area contributed by atoms with Crippen LogP contribution >= 0.6 is 12.2 Å². The molecule has 0 fully saturated rings. The number of carboxylic acids is 1. The van der Waals surface area contributed by atoms with Gasteiger partial charge in [-0.3, -0.25) is 4.79 Å². The molecule has 0 spiro atoms. The largest absolute Gasteiger partial charge is 0.480 e. The van der Waals surface area contributed by atoms with Gasteiger partial charge in [0.25, 0.3) is 0 Å². The van der Waals surface area contributed by atoms with Crippen molar-refractivity contribution in [2.24, 2.45) is 0 Å². The van der Waals surface area contributed by atoms with E-state index in [1.165, 1.54) is 0 Å². The minimum atomic E-state index is -1.02. The number of hydrogen-bond acceptors (Lipinski definition) is 4. The fourth-order valence-corrected chi connectivity index (χ4v) is 0.997. The summed E-state index contributed by atoms with van der Waals surface area (Å²) in [5, 5.41) is 13.5. The normalized spacial score (nSPS) is 12.5. The highest BCUT2D eigenvalue weighted by molar-refractivity contribution is 7.80. The van der Waals surface area contributed by atoms with Crippen molar-refractivity contribution < 1.29 is 19.4 Å². The molecule has 3 N–H and O–H groups in total. The number of alkyl carbamates (subject to hydrolysis) is 1. The van der Waals surface area contributed by atoms with Gasteiger partial charge in [0.2, 0.25) is 0 Å². The van der Waals surface area contributed by atoms with Gasteiger partial charge >= 0.3 is 12.1 Å². The number of ether oxygens (including phenoxy) is 1. The molecule has 0 saturated carbocycles. The number of carboxylic acid groups (broad SMARTS) is 1. The highest BCUT2D eigenvalue weighted by atomic mass is 32.1. The lowest BCUT2D eigenvalue weighted by Crippen LogP contribution is -2.46. The Kier molecular flexibility index (Phi) is 5.87. The lowest BCUT2D eigenvalue weighted by atomic mass is 10.2. The standard InChI is InChI=1S/C10H18N2O4S/c1-6(8(17)11-5-7(13)14)12-9(15)16-10(2,3)4/h6H,5H2,1-4H3,(H,11,17)(H,12,15)(H,13,14). The van der Waals surface area contributed by atoms with E-state index in [9.17, 15) is 9.59 Å². The molecule has 1 amide bonds. The summed E-state index contributed by atoms with van der Waals surface area (Å²) in [4.78, 5) is 21.9. The molecule has 1 unspecified atom stereocenters. The van der Waals surface area contributed by atoms with Crippen LogP contribution in [0.3, 0.4) is 0 Å². The van der Waals surface area contributed by atoms with Crippen LogP contribution in [0.4, 0.5) is 4.79 Å². The van der Waals surface area contributed by atoms with Gasteiger partial charge in [0, 0.05) is 0 Å². The van der Waals surface area contributed by atoms with Gasteiger partial charge in [0.05, 0.1) is 11.0 Å². The average molecular weight is 262 g/mol. The highest BCUT2D eigenvalue weighted by Gasteiger charge is 2.19. The lowest BCUT2D eigenvalue weighted by molar-refractivity contribution is -0.135. The third-order valence-corrected chi connectivity index (χ3v) is 2.04. The number of nitrogens with one attached hydrogen (secondary N) is 2.